The Balaban J connectivity index is 1.99. The maximum absolute atomic E-state index is 3.34. The first kappa shape index (κ1) is 11.3. The van der Waals surface area contributed by atoms with E-state index in [1.807, 2.05) is 0 Å². The van der Waals surface area contributed by atoms with E-state index in [0.717, 1.165) is 13.0 Å². The SMILES string of the molecule is CCCCCN[CH]Cc1ccccc1. The van der Waals surface area contributed by atoms with E-state index in [9.17, 15) is 0 Å². The number of hydrogen-bond acceptors (Lipinski definition) is 1. The third-order valence-corrected chi connectivity index (χ3v) is 2.25. The average Bonchev–Trinajstić information content (AvgIpc) is 2.25. The van der Waals surface area contributed by atoms with E-state index in [0.29, 0.717) is 0 Å². The predicted octanol–water partition coefficient (Wildman–Crippen LogP) is 3.17. The first-order valence-electron chi connectivity index (χ1n) is 5.52. The second kappa shape index (κ2) is 7.57. The lowest BCUT2D eigenvalue weighted by atomic mass is 10.1. The van der Waals surface area contributed by atoms with Crippen molar-refractivity contribution in [1.29, 1.82) is 0 Å². The Kier molecular flexibility index (Phi) is 6.09. The van der Waals surface area contributed by atoms with Gasteiger partial charge in [-0.3, -0.25) is 0 Å². The Morgan fingerprint density at radius 1 is 1.14 bits per heavy atom. The van der Waals surface area contributed by atoms with Crippen LogP contribution >= 0.6 is 0 Å². The van der Waals surface area contributed by atoms with Gasteiger partial charge in [0.2, 0.25) is 0 Å². The van der Waals surface area contributed by atoms with E-state index in [1.54, 1.807) is 0 Å². The lowest BCUT2D eigenvalue weighted by molar-refractivity contribution is 0.656. The molecular formula is C13H20N. The zero-order chi connectivity index (χ0) is 10.1. The molecule has 1 N–H and O–H groups in total. The van der Waals surface area contributed by atoms with E-state index >= 15 is 0 Å². The molecule has 0 unspecified atom stereocenters. The van der Waals surface area contributed by atoms with Gasteiger partial charge in [-0.2, -0.15) is 0 Å². The van der Waals surface area contributed by atoms with Crippen molar-refractivity contribution < 1.29 is 0 Å². The highest BCUT2D eigenvalue weighted by Crippen LogP contribution is 2.00. The maximum Gasteiger partial charge on any atom is 0.0264 e. The van der Waals surface area contributed by atoms with Gasteiger partial charge in [-0.25, -0.2) is 0 Å². The molecule has 14 heavy (non-hydrogen) atoms. The van der Waals surface area contributed by atoms with Crippen molar-refractivity contribution in [2.75, 3.05) is 6.54 Å². The molecule has 0 atom stereocenters. The van der Waals surface area contributed by atoms with Crippen LogP contribution in [-0.2, 0) is 6.42 Å². The second-order valence-corrected chi connectivity index (χ2v) is 3.56. The van der Waals surface area contributed by atoms with Crippen LogP contribution in [0, 0.1) is 6.54 Å². The Morgan fingerprint density at radius 2 is 1.93 bits per heavy atom. The quantitative estimate of drug-likeness (QED) is 0.651. The average molecular weight is 190 g/mol. The zero-order valence-corrected chi connectivity index (χ0v) is 9.00. The molecular weight excluding hydrogens is 170 g/mol. The number of rotatable bonds is 7. The topological polar surface area (TPSA) is 12.0 Å². The molecule has 1 aromatic rings. The van der Waals surface area contributed by atoms with Crippen LogP contribution in [0.4, 0.5) is 0 Å². The second-order valence-electron chi connectivity index (χ2n) is 3.56. The van der Waals surface area contributed by atoms with Crippen LogP contribution in [0.3, 0.4) is 0 Å². The summed E-state index contributed by atoms with van der Waals surface area (Å²) in [6.45, 7) is 5.50. The molecule has 0 aliphatic carbocycles. The lowest BCUT2D eigenvalue weighted by Crippen LogP contribution is -2.12. The van der Waals surface area contributed by atoms with Gasteiger partial charge in [-0.15, -0.1) is 0 Å². The van der Waals surface area contributed by atoms with Gasteiger partial charge in [0.15, 0.2) is 0 Å². The lowest BCUT2D eigenvalue weighted by Gasteiger charge is -2.03. The smallest absolute Gasteiger partial charge is 0.0264 e. The van der Waals surface area contributed by atoms with Crippen molar-refractivity contribution in [3.05, 3.63) is 42.4 Å². The summed E-state index contributed by atoms with van der Waals surface area (Å²) in [4.78, 5) is 0. The van der Waals surface area contributed by atoms with E-state index in [1.165, 1.54) is 24.8 Å². The highest BCUT2D eigenvalue weighted by molar-refractivity contribution is 5.15. The summed E-state index contributed by atoms with van der Waals surface area (Å²) in [6, 6.07) is 10.5. The van der Waals surface area contributed by atoms with Crippen LogP contribution in [-0.4, -0.2) is 6.54 Å². The van der Waals surface area contributed by atoms with Crippen LogP contribution in [0.15, 0.2) is 30.3 Å². The van der Waals surface area contributed by atoms with Gasteiger partial charge in [0.25, 0.3) is 0 Å². The third kappa shape index (κ3) is 5.03. The molecule has 77 valence electrons. The molecule has 0 saturated carbocycles. The standard InChI is InChI=1S/C13H20N/c1-2-3-7-11-14-12-10-13-8-5-4-6-9-13/h4-6,8-9,12,14H,2-3,7,10-11H2,1H3. The normalized spacial score (nSPS) is 10.4. The summed E-state index contributed by atoms with van der Waals surface area (Å²) in [5.41, 5.74) is 1.37. The van der Waals surface area contributed by atoms with Crippen molar-refractivity contribution >= 4 is 0 Å². The molecule has 1 radical (unpaired) electrons. The van der Waals surface area contributed by atoms with E-state index in [4.69, 9.17) is 0 Å². The molecule has 0 amide bonds. The van der Waals surface area contributed by atoms with Gasteiger partial charge in [0.1, 0.15) is 0 Å². The molecule has 0 spiro atoms. The molecule has 0 aliphatic heterocycles. The largest absolute Gasteiger partial charge is 0.312 e. The summed E-state index contributed by atoms with van der Waals surface area (Å²) in [5.74, 6) is 0. The van der Waals surface area contributed by atoms with Gasteiger partial charge >= 0.3 is 0 Å². The molecule has 0 heterocycles. The van der Waals surface area contributed by atoms with E-state index in [-0.39, 0.29) is 0 Å². The first-order valence-corrected chi connectivity index (χ1v) is 5.52. The highest BCUT2D eigenvalue weighted by atomic mass is 14.8. The van der Waals surface area contributed by atoms with Crippen LogP contribution in [0.25, 0.3) is 0 Å². The fourth-order valence-electron chi connectivity index (χ4n) is 1.38. The van der Waals surface area contributed by atoms with Gasteiger partial charge < -0.3 is 5.32 Å². The van der Waals surface area contributed by atoms with Crippen LogP contribution in [0.2, 0.25) is 0 Å². The minimum atomic E-state index is 1.02. The van der Waals surface area contributed by atoms with Gasteiger partial charge in [-0.1, -0.05) is 50.1 Å². The van der Waals surface area contributed by atoms with Crippen molar-refractivity contribution in [2.45, 2.75) is 32.6 Å². The monoisotopic (exact) mass is 190 g/mol. The molecule has 1 nitrogen and oxygen atoms in total. The molecule has 1 aromatic carbocycles. The number of unbranched alkanes of at least 4 members (excludes halogenated alkanes) is 2. The highest BCUT2D eigenvalue weighted by Gasteiger charge is 1.91. The van der Waals surface area contributed by atoms with Crippen molar-refractivity contribution in [1.82, 2.24) is 5.32 Å². The molecule has 1 rings (SSSR count). The van der Waals surface area contributed by atoms with Gasteiger partial charge in [-0.05, 0) is 24.9 Å². The van der Waals surface area contributed by atoms with Crippen molar-refractivity contribution in [3.63, 3.8) is 0 Å². The van der Waals surface area contributed by atoms with Crippen LogP contribution in [0.5, 0.6) is 0 Å². The molecule has 0 saturated heterocycles. The fraction of sp³-hybridized carbons (Fsp3) is 0.462. The molecule has 0 fully saturated rings. The summed E-state index contributed by atoms with van der Waals surface area (Å²) in [5, 5.41) is 3.34. The maximum atomic E-state index is 3.34. The molecule has 0 bridgehead atoms. The molecule has 0 aliphatic rings. The molecule has 1 heteroatoms. The summed E-state index contributed by atoms with van der Waals surface area (Å²) >= 11 is 0. The summed E-state index contributed by atoms with van der Waals surface area (Å²) in [7, 11) is 0. The molecule has 0 aromatic heterocycles. The van der Waals surface area contributed by atoms with E-state index < -0.39 is 0 Å². The Labute approximate surface area is 87.5 Å². The number of benzene rings is 1. The van der Waals surface area contributed by atoms with Crippen LogP contribution in [0.1, 0.15) is 31.7 Å². The fourth-order valence-corrected chi connectivity index (χ4v) is 1.38. The first-order chi connectivity index (χ1) is 6.93. The Morgan fingerprint density at radius 3 is 2.64 bits per heavy atom. The zero-order valence-electron chi connectivity index (χ0n) is 9.00. The van der Waals surface area contributed by atoms with Crippen molar-refractivity contribution in [2.24, 2.45) is 0 Å². The predicted molar refractivity (Wildman–Crippen MR) is 62.0 cm³/mol. The minimum absolute atomic E-state index is 1.02. The van der Waals surface area contributed by atoms with E-state index in [2.05, 4.69) is 49.1 Å². The third-order valence-electron chi connectivity index (χ3n) is 2.25. The minimum Gasteiger partial charge on any atom is -0.312 e. The number of hydrogen-bond donors (Lipinski definition) is 1. The van der Waals surface area contributed by atoms with Gasteiger partial charge in [0.05, 0.1) is 0 Å². The summed E-state index contributed by atoms with van der Waals surface area (Å²) in [6.07, 6.45) is 4.92. The van der Waals surface area contributed by atoms with Gasteiger partial charge in [0, 0.05) is 6.54 Å². The number of nitrogens with one attached hydrogen (secondary N) is 1. The summed E-state index contributed by atoms with van der Waals surface area (Å²) < 4.78 is 0. The Bertz CT molecular complexity index is 218. The Hall–Kier alpha value is -0.820. The van der Waals surface area contributed by atoms with Crippen molar-refractivity contribution in [3.8, 4) is 0 Å². The van der Waals surface area contributed by atoms with Crippen LogP contribution < -0.4 is 5.32 Å².